The zero-order valence-electron chi connectivity index (χ0n) is 10.5. The van der Waals surface area contributed by atoms with Gasteiger partial charge in [0.15, 0.2) is 0 Å². The first-order valence-electron chi connectivity index (χ1n) is 5.66. The van der Waals surface area contributed by atoms with Crippen molar-refractivity contribution in [3.05, 3.63) is 38.8 Å². The van der Waals surface area contributed by atoms with Crippen molar-refractivity contribution in [2.24, 2.45) is 0 Å². The number of H-pyrrole nitrogens is 1. The molecule has 0 bridgehead atoms. The second-order valence-corrected chi connectivity index (χ2v) is 5.78. The van der Waals surface area contributed by atoms with Crippen LogP contribution in [0.4, 0.5) is 0 Å². The fraction of sp³-hybridized carbons (Fsp3) is 0.385. The number of hydrogen-bond acceptors (Lipinski definition) is 3. The van der Waals surface area contributed by atoms with E-state index in [2.05, 4.69) is 23.0 Å². The van der Waals surface area contributed by atoms with Gasteiger partial charge in [-0.2, -0.15) is 0 Å². The molecule has 0 radical (unpaired) electrons. The van der Waals surface area contributed by atoms with Crippen LogP contribution in [0.2, 0.25) is 0 Å². The van der Waals surface area contributed by atoms with Gasteiger partial charge in [-0.05, 0) is 26.0 Å². The molecule has 2 aromatic rings. The molecular formula is C13H16N2OS. The highest BCUT2D eigenvalue weighted by Gasteiger charge is 2.12. The highest BCUT2D eigenvalue weighted by atomic mass is 32.1. The molecule has 2 heterocycles. The lowest BCUT2D eigenvalue weighted by Crippen LogP contribution is -2.16. The normalized spacial score (nSPS) is 11.1. The van der Waals surface area contributed by atoms with Crippen LogP contribution in [0.1, 0.15) is 36.0 Å². The average Bonchev–Trinajstić information content (AvgIpc) is 2.68. The van der Waals surface area contributed by atoms with Gasteiger partial charge >= 0.3 is 0 Å². The van der Waals surface area contributed by atoms with E-state index in [1.807, 2.05) is 26.8 Å². The van der Waals surface area contributed by atoms with E-state index in [9.17, 15) is 4.79 Å². The lowest BCUT2D eigenvalue weighted by molar-refractivity contribution is 0.765. The van der Waals surface area contributed by atoms with Crippen LogP contribution in [0.3, 0.4) is 0 Å². The van der Waals surface area contributed by atoms with Crippen LogP contribution in [0.5, 0.6) is 0 Å². The first kappa shape index (κ1) is 12.0. The van der Waals surface area contributed by atoms with Gasteiger partial charge in [-0.15, -0.1) is 11.3 Å². The van der Waals surface area contributed by atoms with Crippen molar-refractivity contribution in [3.8, 4) is 10.6 Å². The molecule has 2 rings (SSSR count). The lowest BCUT2D eigenvalue weighted by Gasteiger charge is -2.08. The van der Waals surface area contributed by atoms with Crippen LogP contribution in [-0.4, -0.2) is 9.97 Å². The van der Waals surface area contributed by atoms with E-state index in [0.29, 0.717) is 5.56 Å². The molecule has 1 N–H and O–H groups in total. The molecule has 4 heteroatoms. The molecule has 90 valence electrons. The van der Waals surface area contributed by atoms with Gasteiger partial charge in [-0.25, -0.2) is 4.98 Å². The molecule has 0 aliphatic rings. The Morgan fingerprint density at radius 1 is 1.29 bits per heavy atom. The van der Waals surface area contributed by atoms with Gasteiger partial charge in [0.05, 0.1) is 10.6 Å². The summed E-state index contributed by atoms with van der Waals surface area (Å²) in [5.41, 5.74) is 1.47. The van der Waals surface area contributed by atoms with Gasteiger partial charge in [-0.3, -0.25) is 4.79 Å². The minimum atomic E-state index is -0.0373. The molecular weight excluding hydrogens is 232 g/mol. The molecule has 0 amide bonds. The van der Waals surface area contributed by atoms with Crippen molar-refractivity contribution in [2.75, 3.05) is 0 Å². The maximum absolute atomic E-state index is 11.9. The van der Waals surface area contributed by atoms with Gasteiger partial charge in [-0.1, -0.05) is 13.8 Å². The Morgan fingerprint density at radius 2 is 2.00 bits per heavy atom. The standard InChI is InChI=1S/C13H16N2OS/c1-7(2)12-14-11(9(4)13(16)15-12)10-6-5-8(3)17-10/h5-7H,1-4H3,(H,14,15,16). The zero-order chi connectivity index (χ0) is 12.6. The second-order valence-electron chi connectivity index (χ2n) is 4.49. The number of aromatic nitrogens is 2. The summed E-state index contributed by atoms with van der Waals surface area (Å²) in [4.78, 5) is 21.5. The van der Waals surface area contributed by atoms with Crippen LogP contribution in [0.25, 0.3) is 10.6 Å². The molecule has 0 atom stereocenters. The topological polar surface area (TPSA) is 45.8 Å². The molecule has 17 heavy (non-hydrogen) atoms. The van der Waals surface area contributed by atoms with Gasteiger partial charge in [0.1, 0.15) is 5.82 Å². The summed E-state index contributed by atoms with van der Waals surface area (Å²) in [6.07, 6.45) is 0. The van der Waals surface area contributed by atoms with E-state index >= 15 is 0 Å². The molecule has 3 nitrogen and oxygen atoms in total. The number of aryl methyl sites for hydroxylation is 1. The van der Waals surface area contributed by atoms with Crippen molar-refractivity contribution in [1.82, 2.24) is 9.97 Å². The van der Waals surface area contributed by atoms with Crippen LogP contribution >= 0.6 is 11.3 Å². The van der Waals surface area contributed by atoms with Crippen LogP contribution in [0, 0.1) is 13.8 Å². The van der Waals surface area contributed by atoms with Crippen molar-refractivity contribution in [2.45, 2.75) is 33.6 Å². The van der Waals surface area contributed by atoms with Gasteiger partial charge in [0.2, 0.25) is 0 Å². The number of thiophene rings is 1. The molecule has 0 fully saturated rings. The van der Waals surface area contributed by atoms with Gasteiger partial charge < -0.3 is 4.98 Å². The van der Waals surface area contributed by atoms with Crippen molar-refractivity contribution in [3.63, 3.8) is 0 Å². The van der Waals surface area contributed by atoms with Gasteiger partial charge in [0.25, 0.3) is 5.56 Å². The van der Waals surface area contributed by atoms with Crippen LogP contribution in [-0.2, 0) is 0 Å². The summed E-state index contributed by atoms with van der Waals surface area (Å²) >= 11 is 1.67. The minimum absolute atomic E-state index is 0.0373. The van der Waals surface area contributed by atoms with E-state index in [1.165, 1.54) is 4.88 Å². The summed E-state index contributed by atoms with van der Waals surface area (Å²) < 4.78 is 0. The summed E-state index contributed by atoms with van der Waals surface area (Å²) in [6.45, 7) is 7.93. The van der Waals surface area contributed by atoms with Crippen molar-refractivity contribution in [1.29, 1.82) is 0 Å². The lowest BCUT2D eigenvalue weighted by atomic mass is 10.1. The number of rotatable bonds is 2. The number of nitrogens with zero attached hydrogens (tertiary/aromatic N) is 1. The first-order valence-corrected chi connectivity index (χ1v) is 6.48. The third-order valence-corrected chi connectivity index (χ3v) is 3.70. The van der Waals surface area contributed by atoms with E-state index in [0.717, 1.165) is 16.4 Å². The zero-order valence-corrected chi connectivity index (χ0v) is 11.3. The smallest absolute Gasteiger partial charge is 0.254 e. The van der Waals surface area contributed by atoms with Crippen LogP contribution < -0.4 is 5.56 Å². The average molecular weight is 248 g/mol. The highest BCUT2D eigenvalue weighted by Crippen LogP contribution is 2.27. The molecule has 0 unspecified atom stereocenters. The minimum Gasteiger partial charge on any atom is -0.310 e. The summed E-state index contributed by atoms with van der Waals surface area (Å²) in [7, 11) is 0. The van der Waals surface area contributed by atoms with E-state index < -0.39 is 0 Å². The Kier molecular flexibility index (Phi) is 3.15. The number of hydrogen-bond donors (Lipinski definition) is 1. The molecule has 0 saturated heterocycles. The summed E-state index contributed by atoms with van der Waals surface area (Å²) in [5.74, 6) is 0.977. The Bertz CT molecular complexity index is 596. The predicted molar refractivity (Wildman–Crippen MR) is 71.7 cm³/mol. The third-order valence-electron chi connectivity index (χ3n) is 2.69. The predicted octanol–water partition coefficient (Wildman–Crippen LogP) is 3.24. The molecule has 0 aliphatic heterocycles. The maximum atomic E-state index is 11.9. The van der Waals surface area contributed by atoms with Crippen LogP contribution in [0.15, 0.2) is 16.9 Å². The molecule has 0 spiro atoms. The Labute approximate surface area is 105 Å². The fourth-order valence-electron chi connectivity index (χ4n) is 1.62. The highest BCUT2D eigenvalue weighted by molar-refractivity contribution is 7.15. The van der Waals surface area contributed by atoms with E-state index in [-0.39, 0.29) is 11.5 Å². The maximum Gasteiger partial charge on any atom is 0.254 e. The molecule has 0 saturated carbocycles. The summed E-state index contributed by atoms with van der Waals surface area (Å²) in [6, 6.07) is 4.08. The second kappa shape index (κ2) is 4.45. The molecule has 2 aromatic heterocycles. The molecule has 0 aliphatic carbocycles. The Hall–Kier alpha value is -1.42. The van der Waals surface area contributed by atoms with E-state index in [1.54, 1.807) is 11.3 Å². The first-order chi connectivity index (χ1) is 7.99. The quantitative estimate of drug-likeness (QED) is 0.886. The third kappa shape index (κ3) is 2.31. The molecule has 0 aromatic carbocycles. The SMILES string of the molecule is Cc1ccc(-c2nc(C(C)C)[nH]c(=O)c2C)s1. The fourth-order valence-corrected chi connectivity index (χ4v) is 2.54. The largest absolute Gasteiger partial charge is 0.310 e. The number of aromatic amines is 1. The van der Waals surface area contributed by atoms with Gasteiger partial charge in [0, 0.05) is 16.4 Å². The van der Waals surface area contributed by atoms with Crippen molar-refractivity contribution < 1.29 is 0 Å². The van der Waals surface area contributed by atoms with Crippen molar-refractivity contribution >= 4 is 11.3 Å². The summed E-state index contributed by atoms with van der Waals surface area (Å²) in [5, 5.41) is 0. The number of nitrogens with one attached hydrogen (secondary N) is 1. The Morgan fingerprint density at radius 3 is 2.53 bits per heavy atom. The van der Waals surface area contributed by atoms with E-state index in [4.69, 9.17) is 0 Å². The Balaban J connectivity index is 2.64. The monoisotopic (exact) mass is 248 g/mol.